The summed E-state index contributed by atoms with van der Waals surface area (Å²) in [5.41, 5.74) is 1.69. The van der Waals surface area contributed by atoms with Crippen molar-refractivity contribution in [3.8, 4) is 0 Å². The van der Waals surface area contributed by atoms with Gasteiger partial charge in [-0.05, 0) is 42.3 Å². The third-order valence-electron chi connectivity index (χ3n) is 3.15. The molecule has 1 amide bonds. The molecule has 2 rings (SSSR count). The van der Waals surface area contributed by atoms with Crippen molar-refractivity contribution in [1.29, 1.82) is 0 Å². The van der Waals surface area contributed by atoms with Gasteiger partial charge in [-0.25, -0.2) is 0 Å². The molecule has 0 saturated heterocycles. The zero-order chi connectivity index (χ0) is 15.4. The molecule has 0 spiro atoms. The fourth-order valence-corrected chi connectivity index (χ4v) is 2.78. The molecule has 1 N–H and O–H groups in total. The third-order valence-corrected chi connectivity index (χ3v) is 4.38. The lowest BCUT2D eigenvalue weighted by Gasteiger charge is -2.15. The lowest BCUT2D eigenvalue weighted by molar-refractivity contribution is -0.121. The molecule has 5 heteroatoms. The highest BCUT2D eigenvalue weighted by Gasteiger charge is 2.13. The number of rotatable bonds is 4. The molecule has 0 aliphatic rings. The van der Waals surface area contributed by atoms with Gasteiger partial charge < -0.3 is 5.32 Å². The first-order chi connectivity index (χ1) is 9.97. The molecule has 0 fully saturated rings. The average molecular weight is 387 g/mol. The van der Waals surface area contributed by atoms with E-state index in [4.69, 9.17) is 23.2 Å². The Labute approximate surface area is 142 Å². The van der Waals surface area contributed by atoms with Crippen molar-refractivity contribution in [2.24, 2.45) is 0 Å². The Morgan fingerprint density at radius 1 is 1.14 bits per heavy atom. The molecule has 0 unspecified atom stereocenters. The van der Waals surface area contributed by atoms with E-state index in [0.717, 1.165) is 10.0 Å². The summed E-state index contributed by atoms with van der Waals surface area (Å²) in [4.78, 5) is 12.1. The number of halogens is 3. The van der Waals surface area contributed by atoms with Gasteiger partial charge in [-0.15, -0.1) is 0 Å². The number of benzene rings is 2. The Kier molecular flexibility index (Phi) is 5.68. The van der Waals surface area contributed by atoms with Gasteiger partial charge >= 0.3 is 0 Å². The maximum Gasteiger partial charge on any atom is 0.225 e. The third kappa shape index (κ3) is 4.47. The number of hydrogen-bond acceptors (Lipinski definition) is 1. The van der Waals surface area contributed by atoms with Gasteiger partial charge in [0.1, 0.15) is 0 Å². The zero-order valence-corrected chi connectivity index (χ0v) is 14.5. The van der Waals surface area contributed by atoms with Crippen LogP contribution in [0.3, 0.4) is 0 Å². The molecule has 2 nitrogen and oxygen atoms in total. The van der Waals surface area contributed by atoms with E-state index in [0.29, 0.717) is 15.6 Å². The predicted octanol–water partition coefficient (Wildman–Crippen LogP) is 5.18. The van der Waals surface area contributed by atoms with Crippen molar-refractivity contribution < 1.29 is 4.79 Å². The second-order valence-electron chi connectivity index (χ2n) is 4.72. The molecule has 0 heterocycles. The van der Waals surface area contributed by atoms with Gasteiger partial charge in [0.15, 0.2) is 0 Å². The van der Waals surface area contributed by atoms with Gasteiger partial charge in [-0.3, -0.25) is 4.79 Å². The Morgan fingerprint density at radius 3 is 2.29 bits per heavy atom. The highest BCUT2D eigenvalue weighted by molar-refractivity contribution is 9.10. The number of nitrogens with one attached hydrogen (secondary N) is 1. The molecule has 0 aliphatic heterocycles. The van der Waals surface area contributed by atoms with E-state index in [-0.39, 0.29) is 18.4 Å². The lowest BCUT2D eigenvalue weighted by Crippen LogP contribution is -2.28. The van der Waals surface area contributed by atoms with Gasteiger partial charge in [0.2, 0.25) is 5.91 Å². The molecule has 21 heavy (non-hydrogen) atoms. The summed E-state index contributed by atoms with van der Waals surface area (Å²) in [7, 11) is 0. The first-order valence-corrected chi connectivity index (χ1v) is 8.00. The molecule has 2 aromatic carbocycles. The summed E-state index contributed by atoms with van der Waals surface area (Å²) >= 11 is 15.5. The van der Waals surface area contributed by atoms with Gasteiger partial charge in [0.25, 0.3) is 0 Å². The topological polar surface area (TPSA) is 29.1 Å². The van der Waals surface area contributed by atoms with Crippen LogP contribution < -0.4 is 5.32 Å². The normalized spacial score (nSPS) is 12.0. The van der Waals surface area contributed by atoms with Crippen LogP contribution in [0.4, 0.5) is 0 Å². The molecule has 0 radical (unpaired) electrons. The number of carbonyl (C=O) groups is 1. The van der Waals surface area contributed by atoms with Crippen molar-refractivity contribution in [2.45, 2.75) is 19.4 Å². The highest BCUT2D eigenvalue weighted by atomic mass is 79.9. The molecule has 110 valence electrons. The maximum absolute atomic E-state index is 12.1. The van der Waals surface area contributed by atoms with Crippen LogP contribution in [0.5, 0.6) is 0 Å². The summed E-state index contributed by atoms with van der Waals surface area (Å²) in [6.45, 7) is 1.94. The van der Waals surface area contributed by atoms with E-state index in [2.05, 4.69) is 21.2 Å². The fourth-order valence-electron chi connectivity index (χ4n) is 1.99. The zero-order valence-electron chi connectivity index (χ0n) is 11.4. The first-order valence-electron chi connectivity index (χ1n) is 6.45. The largest absolute Gasteiger partial charge is 0.349 e. The van der Waals surface area contributed by atoms with E-state index >= 15 is 0 Å². The van der Waals surface area contributed by atoms with Crippen LogP contribution in [0, 0.1) is 0 Å². The quantitative estimate of drug-likeness (QED) is 0.770. The van der Waals surface area contributed by atoms with Crippen LogP contribution in [0.2, 0.25) is 10.0 Å². The Hall–Kier alpha value is -1.03. The van der Waals surface area contributed by atoms with Crippen molar-refractivity contribution in [3.63, 3.8) is 0 Å². The second kappa shape index (κ2) is 7.30. The van der Waals surface area contributed by atoms with Crippen LogP contribution in [0.1, 0.15) is 24.1 Å². The molecular formula is C16H14BrCl2NO. The molecule has 0 aromatic heterocycles. The van der Waals surface area contributed by atoms with Crippen LogP contribution in [0.25, 0.3) is 0 Å². The van der Waals surface area contributed by atoms with E-state index in [9.17, 15) is 4.79 Å². The summed E-state index contributed by atoms with van der Waals surface area (Å²) in [5.74, 6) is -0.111. The van der Waals surface area contributed by atoms with Crippen LogP contribution in [-0.4, -0.2) is 5.91 Å². The number of amides is 1. The summed E-state index contributed by atoms with van der Waals surface area (Å²) in [5, 5.41) is 3.96. The maximum atomic E-state index is 12.1. The van der Waals surface area contributed by atoms with Gasteiger partial charge in [0, 0.05) is 14.5 Å². The Bertz CT molecular complexity index is 623. The number of hydrogen-bond donors (Lipinski definition) is 1. The molecule has 1 atom stereocenters. The minimum Gasteiger partial charge on any atom is -0.349 e. The molecule has 0 saturated carbocycles. The van der Waals surface area contributed by atoms with Crippen LogP contribution >= 0.6 is 39.1 Å². The van der Waals surface area contributed by atoms with E-state index in [1.807, 2.05) is 31.2 Å². The van der Waals surface area contributed by atoms with Crippen molar-refractivity contribution in [3.05, 3.63) is 68.1 Å². The monoisotopic (exact) mass is 385 g/mol. The van der Waals surface area contributed by atoms with Gasteiger partial charge in [0.05, 0.1) is 12.5 Å². The van der Waals surface area contributed by atoms with Crippen molar-refractivity contribution >= 4 is 45.0 Å². The summed E-state index contributed by atoms with van der Waals surface area (Å²) < 4.78 is 1.01. The molecule has 0 bridgehead atoms. The van der Waals surface area contributed by atoms with E-state index in [1.54, 1.807) is 18.2 Å². The van der Waals surface area contributed by atoms with Crippen LogP contribution in [-0.2, 0) is 11.2 Å². The Balaban J connectivity index is 2.03. The minimum absolute atomic E-state index is 0.0770. The molecule has 0 aliphatic carbocycles. The number of carbonyl (C=O) groups excluding carboxylic acids is 1. The average Bonchev–Trinajstić information content (AvgIpc) is 2.43. The SMILES string of the molecule is C[C@H](NC(=O)Cc1c(Cl)cccc1Cl)c1ccc(Br)cc1. The second-order valence-corrected chi connectivity index (χ2v) is 6.45. The van der Waals surface area contributed by atoms with Gasteiger partial charge in [-0.1, -0.05) is 57.3 Å². The summed E-state index contributed by atoms with van der Waals surface area (Å²) in [6.07, 6.45) is 0.166. The molecule has 2 aromatic rings. The summed E-state index contributed by atoms with van der Waals surface area (Å²) in [6, 6.07) is 13.0. The van der Waals surface area contributed by atoms with E-state index in [1.165, 1.54) is 0 Å². The van der Waals surface area contributed by atoms with Crippen molar-refractivity contribution in [2.75, 3.05) is 0 Å². The lowest BCUT2D eigenvalue weighted by atomic mass is 10.1. The smallest absolute Gasteiger partial charge is 0.225 e. The predicted molar refractivity (Wildman–Crippen MR) is 90.9 cm³/mol. The minimum atomic E-state index is -0.111. The van der Waals surface area contributed by atoms with Crippen LogP contribution in [0.15, 0.2) is 46.9 Å². The standard InChI is InChI=1S/C16H14BrCl2NO/c1-10(11-5-7-12(17)8-6-11)20-16(21)9-13-14(18)3-2-4-15(13)19/h2-8,10H,9H2,1H3,(H,20,21)/t10-/m0/s1. The van der Waals surface area contributed by atoms with Gasteiger partial charge in [-0.2, -0.15) is 0 Å². The molecular weight excluding hydrogens is 373 g/mol. The Morgan fingerprint density at radius 2 is 1.71 bits per heavy atom. The van der Waals surface area contributed by atoms with Crippen molar-refractivity contribution in [1.82, 2.24) is 5.32 Å². The first kappa shape index (κ1) is 16.3. The fraction of sp³-hybridized carbons (Fsp3) is 0.188. The van der Waals surface area contributed by atoms with E-state index < -0.39 is 0 Å². The highest BCUT2D eigenvalue weighted by Crippen LogP contribution is 2.25.